The second kappa shape index (κ2) is 7.45. The Kier molecular flexibility index (Phi) is 5.81. The minimum atomic E-state index is -3.40. The Labute approximate surface area is 139 Å². The van der Waals surface area contributed by atoms with Gasteiger partial charge < -0.3 is 5.32 Å². The van der Waals surface area contributed by atoms with Crippen LogP contribution in [0.5, 0.6) is 0 Å². The lowest BCUT2D eigenvalue weighted by molar-refractivity contribution is -0.116. The zero-order valence-corrected chi connectivity index (χ0v) is 14.9. The predicted molar refractivity (Wildman–Crippen MR) is 93.0 cm³/mol. The van der Waals surface area contributed by atoms with Gasteiger partial charge in [-0.3, -0.25) is 4.79 Å². The van der Waals surface area contributed by atoms with Gasteiger partial charge in [-0.1, -0.05) is 37.5 Å². The lowest BCUT2D eigenvalue weighted by atomic mass is 9.95. The van der Waals surface area contributed by atoms with E-state index in [4.69, 9.17) is 0 Å². The first kappa shape index (κ1) is 17.9. The number of para-hydroxylation sites is 1. The normalized spacial score (nSPS) is 16.5. The molecule has 0 heterocycles. The molecule has 0 aromatic heterocycles. The van der Waals surface area contributed by atoms with Crippen molar-refractivity contribution in [3.05, 3.63) is 29.3 Å². The van der Waals surface area contributed by atoms with E-state index >= 15 is 0 Å². The zero-order chi connectivity index (χ0) is 17.0. The maximum absolute atomic E-state index is 12.4. The topological polar surface area (TPSA) is 66.5 Å². The number of nitrogens with zero attached hydrogens (tertiary/aromatic N) is 1. The lowest BCUT2D eigenvalue weighted by Crippen LogP contribution is -2.45. The predicted octanol–water partition coefficient (Wildman–Crippen LogP) is 2.84. The number of benzene rings is 1. The summed E-state index contributed by atoms with van der Waals surface area (Å²) in [5, 5.41) is 2.88. The zero-order valence-electron chi connectivity index (χ0n) is 14.1. The van der Waals surface area contributed by atoms with Gasteiger partial charge in [-0.25, -0.2) is 8.42 Å². The average molecular weight is 338 g/mol. The molecule has 0 bridgehead atoms. The Hall–Kier alpha value is -1.40. The number of carbonyl (C=O) groups excluding carboxylic acids is 1. The highest BCUT2D eigenvalue weighted by Crippen LogP contribution is 2.25. The largest absolute Gasteiger partial charge is 0.324 e. The molecule has 2 rings (SSSR count). The molecule has 0 spiro atoms. The molecule has 1 aliphatic carbocycles. The van der Waals surface area contributed by atoms with Crippen LogP contribution >= 0.6 is 0 Å². The number of anilines is 1. The number of hydrogen-bond donors (Lipinski definition) is 1. The molecule has 0 radical (unpaired) electrons. The molecule has 1 aromatic rings. The second-order valence-electron chi connectivity index (χ2n) is 6.42. The molecule has 128 valence electrons. The fourth-order valence-electron chi connectivity index (χ4n) is 3.22. The van der Waals surface area contributed by atoms with Crippen LogP contribution in [0, 0.1) is 13.8 Å². The molecule has 0 aliphatic heterocycles. The monoisotopic (exact) mass is 338 g/mol. The standard InChI is InChI=1S/C17H26N2O3S/c1-13-8-7-9-14(2)17(13)18-16(20)12-19(23(3,21)22)15-10-5-4-6-11-15/h7-9,15H,4-6,10-12H2,1-3H3,(H,18,20). The Morgan fingerprint density at radius 1 is 1.17 bits per heavy atom. The van der Waals surface area contributed by atoms with Crippen LogP contribution in [0.2, 0.25) is 0 Å². The molecule has 1 amide bonds. The van der Waals surface area contributed by atoms with Crippen molar-refractivity contribution < 1.29 is 13.2 Å². The molecular formula is C17H26N2O3S. The Balaban J connectivity index is 2.11. The van der Waals surface area contributed by atoms with Gasteiger partial charge in [-0.2, -0.15) is 4.31 Å². The maximum Gasteiger partial charge on any atom is 0.239 e. The Morgan fingerprint density at radius 2 is 1.74 bits per heavy atom. The van der Waals surface area contributed by atoms with Gasteiger partial charge in [0.15, 0.2) is 0 Å². The van der Waals surface area contributed by atoms with E-state index in [0.29, 0.717) is 0 Å². The maximum atomic E-state index is 12.4. The van der Waals surface area contributed by atoms with Crippen molar-refractivity contribution in [2.24, 2.45) is 0 Å². The molecule has 0 atom stereocenters. The van der Waals surface area contributed by atoms with Crippen LogP contribution in [-0.4, -0.2) is 37.5 Å². The summed E-state index contributed by atoms with van der Waals surface area (Å²) in [6.45, 7) is 3.74. The second-order valence-corrected chi connectivity index (χ2v) is 8.35. The van der Waals surface area contributed by atoms with Gasteiger partial charge in [0.25, 0.3) is 0 Å². The molecule has 1 aromatic carbocycles. The summed E-state index contributed by atoms with van der Waals surface area (Å²) in [5.41, 5.74) is 2.72. The fraction of sp³-hybridized carbons (Fsp3) is 0.588. The minimum absolute atomic E-state index is 0.0533. The van der Waals surface area contributed by atoms with E-state index in [1.165, 1.54) is 10.6 Å². The van der Waals surface area contributed by atoms with Crippen LogP contribution in [0.3, 0.4) is 0 Å². The molecule has 23 heavy (non-hydrogen) atoms. The number of nitrogens with one attached hydrogen (secondary N) is 1. The van der Waals surface area contributed by atoms with Crippen LogP contribution < -0.4 is 5.32 Å². The third-order valence-electron chi connectivity index (χ3n) is 4.45. The van der Waals surface area contributed by atoms with Gasteiger partial charge in [-0.05, 0) is 37.8 Å². The first-order valence-corrected chi connectivity index (χ1v) is 9.97. The molecular weight excluding hydrogens is 312 g/mol. The fourth-order valence-corrected chi connectivity index (χ4v) is 4.32. The highest BCUT2D eigenvalue weighted by molar-refractivity contribution is 7.88. The summed E-state index contributed by atoms with van der Waals surface area (Å²) in [6.07, 6.45) is 6.05. The van der Waals surface area contributed by atoms with E-state index < -0.39 is 10.0 Å². The number of amides is 1. The number of sulfonamides is 1. The molecule has 0 unspecified atom stereocenters. The number of hydrogen-bond acceptors (Lipinski definition) is 3. The SMILES string of the molecule is Cc1cccc(C)c1NC(=O)CN(C1CCCCC1)S(C)(=O)=O. The average Bonchev–Trinajstić information content (AvgIpc) is 2.48. The van der Waals surface area contributed by atoms with E-state index in [-0.39, 0.29) is 18.5 Å². The summed E-state index contributed by atoms with van der Waals surface area (Å²) >= 11 is 0. The quantitative estimate of drug-likeness (QED) is 0.898. The van der Waals surface area contributed by atoms with Crippen LogP contribution in [0.1, 0.15) is 43.2 Å². The van der Waals surface area contributed by atoms with Crippen LogP contribution in [-0.2, 0) is 14.8 Å². The minimum Gasteiger partial charge on any atom is -0.324 e. The van der Waals surface area contributed by atoms with E-state index in [9.17, 15) is 13.2 Å². The van der Waals surface area contributed by atoms with Gasteiger partial charge in [-0.15, -0.1) is 0 Å². The summed E-state index contributed by atoms with van der Waals surface area (Å²) in [5.74, 6) is -0.279. The molecule has 1 fully saturated rings. The highest BCUT2D eigenvalue weighted by atomic mass is 32.2. The molecule has 1 saturated carbocycles. The van der Waals surface area contributed by atoms with Gasteiger partial charge in [0, 0.05) is 11.7 Å². The highest BCUT2D eigenvalue weighted by Gasteiger charge is 2.30. The number of aryl methyl sites for hydroxylation is 2. The molecule has 1 N–H and O–H groups in total. The number of carbonyl (C=O) groups is 1. The first-order chi connectivity index (χ1) is 10.8. The first-order valence-electron chi connectivity index (χ1n) is 8.12. The van der Waals surface area contributed by atoms with Crippen molar-refractivity contribution in [1.29, 1.82) is 0 Å². The smallest absolute Gasteiger partial charge is 0.239 e. The van der Waals surface area contributed by atoms with E-state index in [1.807, 2.05) is 32.0 Å². The van der Waals surface area contributed by atoms with E-state index in [2.05, 4.69) is 5.32 Å². The van der Waals surface area contributed by atoms with Crippen molar-refractivity contribution in [1.82, 2.24) is 4.31 Å². The van der Waals surface area contributed by atoms with Gasteiger partial charge in [0.2, 0.25) is 15.9 Å². The van der Waals surface area contributed by atoms with Gasteiger partial charge in [0.1, 0.15) is 0 Å². The summed E-state index contributed by atoms with van der Waals surface area (Å²) in [7, 11) is -3.40. The van der Waals surface area contributed by atoms with Crippen LogP contribution in [0.15, 0.2) is 18.2 Å². The Bertz CT molecular complexity index is 644. The van der Waals surface area contributed by atoms with Crippen molar-refractivity contribution >= 4 is 21.6 Å². The van der Waals surface area contributed by atoms with Crippen LogP contribution in [0.25, 0.3) is 0 Å². The summed E-state index contributed by atoms with van der Waals surface area (Å²) in [4.78, 5) is 12.4. The summed E-state index contributed by atoms with van der Waals surface area (Å²) in [6, 6.07) is 5.74. The van der Waals surface area contributed by atoms with Crippen molar-refractivity contribution in [3.63, 3.8) is 0 Å². The summed E-state index contributed by atoms with van der Waals surface area (Å²) < 4.78 is 25.6. The Morgan fingerprint density at radius 3 is 2.26 bits per heavy atom. The van der Waals surface area contributed by atoms with E-state index in [0.717, 1.165) is 48.9 Å². The molecule has 0 saturated heterocycles. The van der Waals surface area contributed by atoms with Gasteiger partial charge in [0.05, 0.1) is 12.8 Å². The van der Waals surface area contributed by atoms with Crippen molar-refractivity contribution in [2.75, 3.05) is 18.1 Å². The van der Waals surface area contributed by atoms with Crippen molar-refractivity contribution in [3.8, 4) is 0 Å². The molecule has 6 heteroatoms. The number of rotatable bonds is 5. The molecule has 1 aliphatic rings. The third-order valence-corrected chi connectivity index (χ3v) is 5.73. The van der Waals surface area contributed by atoms with Crippen molar-refractivity contribution in [2.45, 2.75) is 52.0 Å². The van der Waals surface area contributed by atoms with Crippen LogP contribution in [0.4, 0.5) is 5.69 Å². The van der Waals surface area contributed by atoms with Gasteiger partial charge >= 0.3 is 0 Å². The third kappa shape index (κ3) is 4.78. The lowest BCUT2D eigenvalue weighted by Gasteiger charge is -2.32. The van der Waals surface area contributed by atoms with E-state index in [1.54, 1.807) is 0 Å². The molecule has 5 nitrogen and oxygen atoms in total.